The van der Waals surface area contributed by atoms with Crippen LogP contribution >= 0.6 is 22.6 Å². The average molecular weight is 403 g/mol. The van der Waals surface area contributed by atoms with Crippen LogP contribution in [0.2, 0.25) is 0 Å². The van der Waals surface area contributed by atoms with Crippen molar-refractivity contribution < 1.29 is 14.3 Å². The Hall–Kier alpha value is -1.51. The first-order valence-corrected chi connectivity index (χ1v) is 7.91. The van der Waals surface area contributed by atoms with E-state index in [1.165, 1.54) is 0 Å². The van der Waals surface area contributed by atoms with Gasteiger partial charge in [0.25, 0.3) is 0 Å². The van der Waals surface area contributed by atoms with Gasteiger partial charge in [0, 0.05) is 35.4 Å². The van der Waals surface area contributed by atoms with Gasteiger partial charge in [0.1, 0.15) is 0 Å². The summed E-state index contributed by atoms with van der Waals surface area (Å²) in [5.74, 6) is 0. The van der Waals surface area contributed by atoms with Crippen molar-refractivity contribution in [2.24, 2.45) is 0 Å². The van der Waals surface area contributed by atoms with E-state index in [2.05, 4.69) is 27.9 Å². The van der Waals surface area contributed by atoms with E-state index in [0.29, 0.717) is 32.8 Å². The minimum atomic E-state index is -0.310. The molecule has 3 amide bonds. The van der Waals surface area contributed by atoms with Crippen LogP contribution in [0.1, 0.15) is 6.92 Å². The summed E-state index contributed by atoms with van der Waals surface area (Å²) in [6, 6.07) is 7.49. The van der Waals surface area contributed by atoms with E-state index < -0.39 is 0 Å². The zero-order valence-corrected chi connectivity index (χ0v) is 14.0. The number of anilines is 1. The van der Waals surface area contributed by atoms with E-state index in [1.54, 1.807) is 16.7 Å². The van der Waals surface area contributed by atoms with Crippen LogP contribution in [0.25, 0.3) is 0 Å². The number of hydrogen-bond acceptors (Lipinski definition) is 3. The van der Waals surface area contributed by atoms with Crippen molar-refractivity contribution in [3.63, 3.8) is 0 Å². The number of nitrogens with one attached hydrogen (secondary N) is 1. The summed E-state index contributed by atoms with van der Waals surface area (Å²) in [7, 11) is 0. The van der Waals surface area contributed by atoms with Crippen molar-refractivity contribution in [1.29, 1.82) is 0 Å². The van der Waals surface area contributed by atoms with Gasteiger partial charge in [0.15, 0.2) is 0 Å². The van der Waals surface area contributed by atoms with Crippen LogP contribution in [-0.2, 0) is 4.74 Å². The topological polar surface area (TPSA) is 61.9 Å². The molecule has 1 aromatic carbocycles. The molecule has 1 aromatic rings. The molecule has 1 N–H and O–H groups in total. The van der Waals surface area contributed by atoms with Crippen molar-refractivity contribution in [2.45, 2.75) is 6.92 Å². The predicted molar refractivity (Wildman–Crippen MR) is 88.3 cm³/mol. The maximum Gasteiger partial charge on any atom is 0.409 e. The van der Waals surface area contributed by atoms with Crippen molar-refractivity contribution in [3.05, 3.63) is 27.8 Å². The molecule has 0 aliphatic carbocycles. The van der Waals surface area contributed by atoms with Gasteiger partial charge >= 0.3 is 12.1 Å². The van der Waals surface area contributed by atoms with Crippen LogP contribution in [0.15, 0.2) is 24.3 Å². The Morgan fingerprint density at radius 3 is 2.52 bits per heavy atom. The molecule has 1 saturated heterocycles. The lowest BCUT2D eigenvalue weighted by atomic mass is 10.3. The third kappa shape index (κ3) is 4.48. The number of ether oxygens (including phenoxy) is 1. The summed E-state index contributed by atoms with van der Waals surface area (Å²) in [5.41, 5.74) is 0.778. The van der Waals surface area contributed by atoms with Crippen LogP contribution in [0, 0.1) is 3.57 Å². The number of carbonyl (C=O) groups excluding carboxylic acids is 2. The van der Waals surface area contributed by atoms with E-state index in [4.69, 9.17) is 4.74 Å². The van der Waals surface area contributed by atoms with Gasteiger partial charge in [-0.05, 0) is 47.7 Å². The number of nitrogens with zero attached hydrogens (tertiary/aromatic N) is 2. The van der Waals surface area contributed by atoms with Gasteiger partial charge in [0.05, 0.1) is 6.61 Å². The number of urea groups is 1. The fraction of sp³-hybridized carbons (Fsp3) is 0.429. The molecule has 1 aliphatic rings. The highest BCUT2D eigenvalue weighted by atomic mass is 127. The molecule has 6 nitrogen and oxygen atoms in total. The lowest BCUT2D eigenvalue weighted by Crippen LogP contribution is -2.51. The molecule has 0 saturated carbocycles. The van der Waals surface area contributed by atoms with Crippen molar-refractivity contribution in [1.82, 2.24) is 9.80 Å². The average Bonchev–Trinajstić information content (AvgIpc) is 2.47. The van der Waals surface area contributed by atoms with Gasteiger partial charge in [0.2, 0.25) is 0 Å². The molecule has 1 fully saturated rings. The summed E-state index contributed by atoms with van der Waals surface area (Å²) >= 11 is 2.20. The van der Waals surface area contributed by atoms with E-state index in [-0.39, 0.29) is 12.1 Å². The van der Waals surface area contributed by atoms with Gasteiger partial charge in [-0.3, -0.25) is 0 Å². The largest absolute Gasteiger partial charge is 0.450 e. The van der Waals surface area contributed by atoms with E-state index in [1.807, 2.05) is 24.3 Å². The highest BCUT2D eigenvalue weighted by Crippen LogP contribution is 2.13. The zero-order chi connectivity index (χ0) is 15.2. The summed E-state index contributed by atoms with van der Waals surface area (Å²) in [4.78, 5) is 27.1. The number of halogens is 1. The van der Waals surface area contributed by atoms with Gasteiger partial charge < -0.3 is 19.9 Å². The fourth-order valence-electron chi connectivity index (χ4n) is 2.08. The van der Waals surface area contributed by atoms with Crippen LogP contribution in [0.3, 0.4) is 0 Å². The Morgan fingerprint density at radius 2 is 1.90 bits per heavy atom. The first-order valence-electron chi connectivity index (χ1n) is 6.83. The normalized spacial score (nSPS) is 14.8. The molecular weight excluding hydrogens is 385 g/mol. The molecule has 1 heterocycles. The lowest BCUT2D eigenvalue weighted by Gasteiger charge is -2.34. The lowest BCUT2D eigenvalue weighted by molar-refractivity contribution is 0.0868. The van der Waals surface area contributed by atoms with Crippen molar-refractivity contribution in [3.8, 4) is 0 Å². The van der Waals surface area contributed by atoms with Gasteiger partial charge in [-0.25, -0.2) is 9.59 Å². The number of amides is 3. The Morgan fingerprint density at radius 1 is 1.24 bits per heavy atom. The monoisotopic (exact) mass is 403 g/mol. The maximum absolute atomic E-state index is 12.2. The first-order chi connectivity index (χ1) is 10.1. The van der Waals surface area contributed by atoms with E-state index in [9.17, 15) is 9.59 Å². The smallest absolute Gasteiger partial charge is 0.409 e. The highest BCUT2D eigenvalue weighted by Gasteiger charge is 2.24. The molecule has 0 aromatic heterocycles. The zero-order valence-electron chi connectivity index (χ0n) is 11.8. The Balaban J connectivity index is 1.84. The number of rotatable bonds is 2. The minimum Gasteiger partial charge on any atom is -0.450 e. The third-order valence-electron chi connectivity index (χ3n) is 3.17. The standard InChI is InChI=1S/C14H18IN3O3/c1-2-21-14(20)18-8-6-17(7-9-18)13(19)16-12-5-3-4-11(15)10-12/h3-5,10H,2,6-9H2,1H3,(H,16,19). The van der Waals surface area contributed by atoms with E-state index >= 15 is 0 Å². The second-order valence-corrected chi connectivity index (χ2v) is 5.86. The molecule has 0 atom stereocenters. The van der Waals surface area contributed by atoms with Crippen LogP contribution in [0.4, 0.5) is 15.3 Å². The molecule has 0 radical (unpaired) electrons. The van der Waals surface area contributed by atoms with Gasteiger partial charge in [-0.1, -0.05) is 6.07 Å². The van der Waals surface area contributed by atoms with Gasteiger partial charge in [-0.2, -0.15) is 0 Å². The van der Waals surface area contributed by atoms with Gasteiger partial charge in [-0.15, -0.1) is 0 Å². The summed E-state index contributed by atoms with van der Waals surface area (Å²) < 4.78 is 6.02. The highest BCUT2D eigenvalue weighted by molar-refractivity contribution is 14.1. The molecular formula is C14H18IN3O3. The minimum absolute atomic E-state index is 0.138. The fourth-order valence-corrected chi connectivity index (χ4v) is 2.62. The van der Waals surface area contributed by atoms with Crippen LogP contribution in [0.5, 0.6) is 0 Å². The molecule has 114 valence electrons. The second-order valence-electron chi connectivity index (χ2n) is 4.61. The maximum atomic E-state index is 12.2. The third-order valence-corrected chi connectivity index (χ3v) is 3.84. The molecule has 2 rings (SSSR count). The molecule has 1 aliphatic heterocycles. The number of hydrogen-bond donors (Lipinski definition) is 1. The van der Waals surface area contributed by atoms with Crippen molar-refractivity contribution in [2.75, 3.05) is 38.1 Å². The Bertz CT molecular complexity index is 516. The van der Waals surface area contributed by atoms with Crippen LogP contribution < -0.4 is 5.32 Å². The SMILES string of the molecule is CCOC(=O)N1CCN(C(=O)Nc2cccc(I)c2)CC1. The van der Waals surface area contributed by atoms with E-state index in [0.717, 1.165) is 9.26 Å². The quantitative estimate of drug-likeness (QED) is 0.773. The predicted octanol–water partition coefficient (Wildman–Crippen LogP) is 2.60. The summed E-state index contributed by atoms with van der Waals surface area (Å²) in [6.45, 7) is 4.16. The first kappa shape index (κ1) is 15.9. The number of benzene rings is 1. The molecule has 0 spiro atoms. The molecule has 0 unspecified atom stereocenters. The Labute approximate surface area is 137 Å². The molecule has 7 heteroatoms. The summed E-state index contributed by atoms with van der Waals surface area (Å²) in [5, 5.41) is 2.87. The summed E-state index contributed by atoms with van der Waals surface area (Å²) in [6.07, 6.45) is -0.310. The van der Waals surface area contributed by atoms with Crippen LogP contribution in [-0.4, -0.2) is 54.7 Å². The molecule has 0 bridgehead atoms. The van der Waals surface area contributed by atoms with Crippen molar-refractivity contribution >= 4 is 40.4 Å². The molecule has 21 heavy (non-hydrogen) atoms. The second kappa shape index (κ2) is 7.48. The number of carbonyl (C=O) groups is 2. The number of piperazine rings is 1. The Kier molecular flexibility index (Phi) is 5.66.